The van der Waals surface area contributed by atoms with Crippen LogP contribution in [0.3, 0.4) is 0 Å². The Balaban J connectivity index is 1.82. The highest BCUT2D eigenvalue weighted by Gasteiger charge is 2.56. The first-order valence-corrected chi connectivity index (χ1v) is 8.89. The molecule has 0 saturated heterocycles. The fourth-order valence-corrected chi connectivity index (χ4v) is 3.63. The van der Waals surface area contributed by atoms with Gasteiger partial charge in [-0.3, -0.25) is 4.79 Å². The topological polar surface area (TPSA) is 58.4 Å². The number of carbonyl (C=O) groups is 1. The van der Waals surface area contributed by atoms with E-state index in [4.69, 9.17) is 5.84 Å². The number of anilines is 1. The largest absolute Gasteiger partial charge is 0.416 e. The number of rotatable bonds is 6. The zero-order chi connectivity index (χ0) is 20.0. The number of nitrogens with two attached hydrogens (primary N) is 1. The Morgan fingerprint density at radius 3 is 2.56 bits per heavy atom. The first-order chi connectivity index (χ1) is 12.5. The zero-order valence-electron chi connectivity index (χ0n) is 15.4. The lowest BCUT2D eigenvalue weighted by Gasteiger charge is -2.18. The van der Waals surface area contributed by atoms with Gasteiger partial charge in [0.25, 0.3) is 5.91 Å². The molecule has 2 aliphatic rings. The maximum absolute atomic E-state index is 13.1. The molecule has 0 aromatic heterocycles. The van der Waals surface area contributed by atoms with E-state index >= 15 is 0 Å². The van der Waals surface area contributed by atoms with E-state index in [0.29, 0.717) is 22.9 Å². The molecule has 0 aliphatic heterocycles. The van der Waals surface area contributed by atoms with Gasteiger partial charge in [-0.2, -0.15) is 13.2 Å². The van der Waals surface area contributed by atoms with Gasteiger partial charge in [0.1, 0.15) is 0 Å². The zero-order valence-corrected chi connectivity index (χ0v) is 15.4. The predicted octanol–water partition coefficient (Wildman–Crippen LogP) is 4.34. The molecule has 0 bridgehead atoms. The monoisotopic (exact) mass is 379 g/mol. The molecule has 2 aliphatic carbocycles. The highest BCUT2D eigenvalue weighted by molar-refractivity contribution is 6.07. The number of para-hydroxylation sites is 1. The molecule has 3 rings (SSSR count). The summed E-state index contributed by atoms with van der Waals surface area (Å²) < 4.78 is 39.2. The number of halogens is 3. The van der Waals surface area contributed by atoms with Crippen molar-refractivity contribution in [3.05, 3.63) is 53.8 Å². The third-order valence-electron chi connectivity index (χ3n) is 5.58. The third kappa shape index (κ3) is 4.18. The summed E-state index contributed by atoms with van der Waals surface area (Å²) in [6.45, 7) is 5.30. The van der Waals surface area contributed by atoms with Crippen molar-refractivity contribution >= 4 is 11.6 Å². The van der Waals surface area contributed by atoms with E-state index in [1.165, 1.54) is 19.9 Å². The lowest BCUT2D eigenvalue weighted by atomic mass is 9.97. The van der Waals surface area contributed by atoms with Gasteiger partial charge in [-0.15, -0.1) is 0 Å². The quantitative estimate of drug-likeness (QED) is 0.335. The van der Waals surface area contributed by atoms with Crippen LogP contribution in [-0.4, -0.2) is 24.1 Å². The van der Waals surface area contributed by atoms with Crippen molar-refractivity contribution in [3.63, 3.8) is 0 Å². The number of hydrogen-bond acceptors (Lipinski definition) is 3. The molecule has 3 N–H and O–H groups in total. The van der Waals surface area contributed by atoms with Crippen molar-refractivity contribution in [2.45, 2.75) is 38.3 Å². The second-order valence-corrected chi connectivity index (χ2v) is 7.83. The second-order valence-electron chi connectivity index (χ2n) is 7.83. The molecule has 27 heavy (non-hydrogen) atoms. The van der Waals surface area contributed by atoms with Crippen LogP contribution in [0.2, 0.25) is 0 Å². The van der Waals surface area contributed by atoms with Gasteiger partial charge in [-0.1, -0.05) is 31.7 Å². The van der Waals surface area contributed by atoms with Crippen LogP contribution in [0.5, 0.6) is 0 Å². The molecule has 2 atom stereocenters. The fraction of sp³-hybridized carbons (Fsp3) is 0.450. The Labute approximate surface area is 156 Å². The van der Waals surface area contributed by atoms with Gasteiger partial charge in [0, 0.05) is 18.9 Å². The smallest absolute Gasteiger partial charge is 0.322 e. The number of nitrogens with one attached hydrogen (secondary N) is 1. The molecule has 1 aromatic carbocycles. The van der Waals surface area contributed by atoms with Crippen LogP contribution < -0.4 is 11.2 Å². The van der Waals surface area contributed by atoms with E-state index in [9.17, 15) is 18.0 Å². The second kappa shape index (κ2) is 6.71. The van der Waals surface area contributed by atoms with Crippen molar-refractivity contribution in [2.24, 2.45) is 17.2 Å². The van der Waals surface area contributed by atoms with E-state index in [1.54, 1.807) is 12.1 Å². The molecule has 0 radical (unpaired) electrons. The molecule has 7 heteroatoms. The van der Waals surface area contributed by atoms with Gasteiger partial charge >= 0.3 is 6.18 Å². The summed E-state index contributed by atoms with van der Waals surface area (Å²) in [7, 11) is 1.34. The van der Waals surface area contributed by atoms with E-state index in [1.807, 2.05) is 12.1 Å². The van der Waals surface area contributed by atoms with Crippen molar-refractivity contribution in [1.82, 2.24) is 5.01 Å². The summed E-state index contributed by atoms with van der Waals surface area (Å²) in [4.78, 5) is 12.6. The maximum atomic E-state index is 13.1. The van der Waals surface area contributed by atoms with Crippen molar-refractivity contribution < 1.29 is 18.0 Å². The Bertz CT molecular complexity index is 794. The Kier molecular flexibility index (Phi) is 4.84. The standard InChI is InChI=1S/C20H24F3N3O/c1-12(20(21,22)23)15(11-26(3)24)18(27)25-17-7-5-4-6-13(17)14-10-16(14)19(2)8-9-19/h4-7,11,14,16H,1,8-10,24H2,2-3H3,(H,25,27)/b15-11+. The fourth-order valence-electron chi connectivity index (χ4n) is 3.63. The maximum Gasteiger partial charge on any atom is 0.416 e. The molecule has 0 spiro atoms. The summed E-state index contributed by atoms with van der Waals surface area (Å²) in [5, 5.41) is 3.54. The molecule has 1 aromatic rings. The van der Waals surface area contributed by atoms with E-state index in [0.717, 1.165) is 23.2 Å². The molecule has 1 amide bonds. The van der Waals surface area contributed by atoms with Crippen molar-refractivity contribution in [2.75, 3.05) is 12.4 Å². The van der Waals surface area contributed by atoms with E-state index < -0.39 is 23.2 Å². The average molecular weight is 379 g/mol. The highest BCUT2D eigenvalue weighted by atomic mass is 19.4. The van der Waals surface area contributed by atoms with Crippen LogP contribution in [-0.2, 0) is 4.79 Å². The Morgan fingerprint density at radius 2 is 2.00 bits per heavy atom. The van der Waals surface area contributed by atoms with Gasteiger partial charge in [0.2, 0.25) is 0 Å². The molecule has 2 saturated carbocycles. The summed E-state index contributed by atoms with van der Waals surface area (Å²) in [6.07, 6.45) is -0.319. The molecule has 0 heterocycles. The van der Waals surface area contributed by atoms with Crippen LogP contribution >= 0.6 is 0 Å². The average Bonchev–Trinajstić information content (AvgIpc) is 3.47. The predicted molar refractivity (Wildman–Crippen MR) is 98.5 cm³/mol. The summed E-state index contributed by atoms with van der Waals surface area (Å²) in [5.74, 6) is 5.47. The summed E-state index contributed by atoms with van der Waals surface area (Å²) in [6, 6.07) is 7.29. The van der Waals surface area contributed by atoms with E-state index in [-0.39, 0.29) is 0 Å². The summed E-state index contributed by atoms with van der Waals surface area (Å²) in [5.41, 5.74) is 0.0508. The van der Waals surface area contributed by atoms with Crippen molar-refractivity contribution in [3.8, 4) is 0 Å². The molecule has 2 unspecified atom stereocenters. The van der Waals surface area contributed by atoms with Gasteiger partial charge in [-0.05, 0) is 48.1 Å². The number of hydrogen-bond donors (Lipinski definition) is 2. The van der Waals surface area contributed by atoms with Gasteiger partial charge in [0.05, 0.1) is 11.1 Å². The number of hydrazine groups is 1. The van der Waals surface area contributed by atoms with Crippen molar-refractivity contribution in [1.29, 1.82) is 0 Å². The highest BCUT2D eigenvalue weighted by Crippen LogP contribution is 2.67. The number of benzene rings is 1. The normalized spacial score (nSPS) is 23.6. The van der Waals surface area contributed by atoms with Crippen LogP contribution in [0, 0.1) is 11.3 Å². The third-order valence-corrected chi connectivity index (χ3v) is 5.58. The summed E-state index contributed by atoms with van der Waals surface area (Å²) >= 11 is 0. The minimum Gasteiger partial charge on any atom is -0.322 e. The first-order valence-electron chi connectivity index (χ1n) is 8.89. The van der Waals surface area contributed by atoms with Crippen LogP contribution in [0.25, 0.3) is 0 Å². The van der Waals surface area contributed by atoms with E-state index in [2.05, 4.69) is 18.8 Å². The van der Waals surface area contributed by atoms with Gasteiger partial charge < -0.3 is 10.3 Å². The molecular weight excluding hydrogens is 355 g/mol. The van der Waals surface area contributed by atoms with Gasteiger partial charge in [-0.25, -0.2) is 5.84 Å². The number of alkyl halides is 3. The molecule has 2 fully saturated rings. The molecule has 146 valence electrons. The molecule has 4 nitrogen and oxygen atoms in total. The van der Waals surface area contributed by atoms with Gasteiger partial charge in [0.15, 0.2) is 0 Å². The Morgan fingerprint density at radius 1 is 1.37 bits per heavy atom. The molecular formula is C20H24F3N3O. The van der Waals surface area contributed by atoms with Crippen LogP contribution in [0.1, 0.15) is 37.7 Å². The lowest BCUT2D eigenvalue weighted by molar-refractivity contribution is -0.115. The first kappa shape index (κ1) is 19.5. The minimum atomic E-state index is -4.72. The Hall–Kier alpha value is -2.28. The number of carbonyl (C=O) groups excluding carboxylic acids is 1. The SMILES string of the molecule is C=C(/C(=C\N(C)N)C(=O)Nc1ccccc1C1CC1C1(C)CC1)C(F)(F)F. The van der Waals surface area contributed by atoms with Crippen LogP contribution in [0.15, 0.2) is 48.2 Å². The minimum absolute atomic E-state index is 0.337. The number of amides is 1. The van der Waals surface area contributed by atoms with Crippen LogP contribution in [0.4, 0.5) is 18.9 Å². The lowest BCUT2D eigenvalue weighted by Crippen LogP contribution is -2.27. The number of nitrogens with zero attached hydrogens (tertiary/aromatic N) is 1.